The highest BCUT2D eigenvalue weighted by Gasteiger charge is 2.24. The van der Waals surface area contributed by atoms with E-state index in [4.69, 9.17) is 4.74 Å². The minimum Gasteiger partial charge on any atom is -0.497 e. The molecule has 0 radical (unpaired) electrons. The van der Waals surface area contributed by atoms with E-state index in [1.165, 1.54) is 18.4 Å². The number of urea groups is 1. The van der Waals surface area contributed by atoms with Gasteiger partial charge in [0, 0.05) is 19.8 Å². The zero-order valence-corrected chi connectivity index (χ0v) is 15.4. The maximum atomic E-state index is 12.2. The molecular formula is C19H27N5O2. The summed E-state index contributed by atoms with van der Waals surface area (Å²) in [5.41, 5.74) is 2.16. The average molecular weight is 357 g/mol. The lowest BCUT2D eigenvalue weighted by Crippen LogP contribution is -2.41. The van der Waals surface area contributed by atoms with Crippen LogP contribution >= 0.6 is 0 Å². The van der Waals surface area contributed by atoms with Crippen molar-refractivity contribution in [1.82, 2.24) is 25.3 Å². The summed E-state index contributed by atoms with van der Waals surface area (Å²) in [6, 6.07) is 10.0. The van der Waals surface area contributed by atoms with E-state index in [0.29, 0.717) is 13.1 Å². The topological polar surface area (TPSA) is 71.4 Å². The first-order valence-corrected chi connectivity index (χ1v) is 9.04. The Bertz CT molecular complexity index is 707. The third kappa shape index (κ3) is 4.54. The number of aryl methyl sites for hydroxylation is 1. The predicted octanol–water partition coefficient (Wildman–Crippen LogP) is 2.06. The zero-order chi connectivity index (χ0) is 18.4. The molecule has 2 heterocycles. The highest BCUT2D eigenvalue weighted by molar-refractivity contribution is 5.73. The van der Waals surface area contributed by atoms with Gasteiger partial charge in [-0.15, -0.1) is 0 Å². The van der Waals surface area contributed by atoms with Crippen molar-refractivity contribution in [3.63, 3.8) is 0 Å². The number of rotatable bonds is 7. The van der Waals surface area contributed by atoms with Crippen molar-refractivity contribution in [1.29, 1.82) is 0 Å². The van der Waals surface area contributed by atoms with Crippen LogP contribution in [0, 0.1) is 0 Å². The number of aromatic nitrogens is 2. The summed E-state index contributed by atoms with van der Waals surface area (Å²) in [6.07, 6.45) is 4.14. The number of benzene rings is 1. The van der Waals surface area contributed by atoms with Gasteiger partial charge in [-0.1, -0.05) is 12.1 Å². The molecule has 140 valence electrons. The molecule has 2 N–H and O–H groups in total. The Hall–Kier alpha value is -2.54. The Morgan fingerprint density at radius 2 is 1.92 bits per heavy atom. The Kier molecular flexibility index (Phi) is 6.12. The number of nitrogens with one attached hydrogen (secondary N) is 2. The zero-order valence-electron chi connectivity index (χ0n) is 15.4. The number of hydrogen-bond donors (Lipinski definition) is 2. The van der Waals surface area contributed by atoms with Crippen molar-refractivity contribution in [3.8, 4) is 5.75 Å². The summed E-state index contributed by atoms with van der Waals surface area (Å²) >= 11 is 0. The maximum absolute atomic E-state index is 12.2. The molecule has 1 aliphatic heterocycles. The fraction of sp³-hybridized carbons (Fsp3) is 0.474. The minimum atomic E-state index is -0.163. The molecule has 1 unspecified atom stereocenters. The van der Waals surface area contributed by atoms with E-state index >= 15 is 0 Å². The summed E-state index contributed by atoms with van der Waals surface area (Å²) < 4.78 is 7.00. The molecule has 1 atom stereocenters. The Labute approximate surface area is 154 Å². The highest BCUT2D eigenvalue weighted by Crippen LogP contribution is 2.26. The molecule has 3 rings (SSSR count). The average Bonchev–Trinajstić information content (AvgIpc) is 3.33. The Morgan fingerprint density at radius 1 is 1.19 bits per heavy atom. The van der Waals surface area contributed by atoms with Crippen molar-refractivity contribution in [2.75, 3.05) is 26.7 Å². The van der Waals surface area contributed by atoms with Crippen LogP contribution in [0.1, 0.15) is 30.1 Å². The van der Waals surface area contributed by atoms with Gasteiger partial charge in [0.15, 0.2) is 0 Å². The molecular weight excluding hydrogens is 330 g/mol. The summed E-state index contributed by atoms with van der Waals surface area (Å²) in [4.78, 5) is 14.6. The summed E-state index contributed by atoms with van der Waals surface area (Å²) in [6.45, 7) is 3.16. The molecule has 0 saturated carbocycles. The molecule has 7 heteroatoms. The Balaban J connectivity index is 1.58. The monoisotopic (exact) mass is 357 g/mol. The van der Waals surface area contributed by atoms with E-state index in [9.17, 15) is 4.79 Å². The van der Waals surface area contributed by atoms with Crippen LogP contribution in [0.3, 0.4) is 0 Å². The molecule has 7 nitrogen and oxygen atoms in total. The van der Waals surface area contributed by atoms with Crippen molar-refractivity contribution in [3.05, 3.63) is 47.8 Å². The third-order valence-corrected chi connectivity index (χ3v) is 4.89. The first kappa shape index (κ1) is 18.3. The van der Waals surface area contributed by atoms with Gasteiger partial charge in [0.1, 0.15) is 5.75 Å². The molecule has 1 aromatic carbocycles. The summed E-state index contributed by atoms with van der Waals surface area (Å²) in [7, 11) is 3.53. The van der Waals surface area contributed by atoms with Crippen molar-refractivity contribution >= 4 is 6.03 Å². The standard InChI is InChI=1S/C19H27N5O2/c1-23-16(9-10-22-23)13-20-19(25)21-14-18(24-11-3-4-12-24)15-5-7-17(26-2)8-6-15/h5-10,18H,3-4,11-14H2,1-2H3,(H2,20,21,25). The van der Waals surface area contributed by atoms with Gasteiger partial charge in [0.25, 0.3) is 0 Å². The fourth-order valence-corrected chi connectivity index (χ4v) is 3.33. The smallest absolute Gasteiger partial charge is 0.315 e. The third-order valence-electron chi connectivity index (χ3n) is 4.89. The number of amides is 2. The van der Waals surface area contributed by atoms with Gasteiger partial charge in [-0.25, -0.2) is 4.79 Å². The largest absolute Gasteiger partial charge is 0.497 e. The minimum absolute atomic E-state index is 0.163. The molecule has 1 aliphatic rings. The van der Waals surface area contributed by atoms with Crippen LogP contribution in [-0.4, -0.2) is 47.5 Å². The number of methoxy groups -OCH3 is 1. The molecule has 1 aromatic heterocycles. The van der Waals surface area contributed by atoms with E-state index in [2.05, 4.69) is 32.8 Å². The van der Waals surface area contributed by atoms with Crippen LogP contribution in [0.25, 0.3) is 0 Å². The first-order valence-electron chi connectivity index (χ1n) is 9.04. The second-order valence-electron chi connectivity index (χ2n) is 6.54. The van der Waals surface area contributed by atoms with E-state index in [0.717, 1.165) is 24.5 Å². The predicted molar refractivity (Wildman–Crippen MR) is 100.0 cm³/mol. The number of nitrogens with zero attached hydrogens (tertiary/aromatic N) is 3. The maximum Gasteiger partial charge on any atom is 0.315 e. The van der Waals surface area contributed by atoms with Crippen LogP contribution in [0.15, 0.2) is 36.5 Å². The van der Waals surface area contributed by atoms with Crippen molar-refractivity contribution in [2.45, 2.75) is 25.4 Å². The molecule has 0 spiro atoms. The number of carbonyl (C=O) groups is 1. The molecule has 0 bridgehead atoms. The van der Waals surface area contributed by atoms with Gasteiger partial charge >= 0.3 is 6.03 Å². The fourth-order valence-electron chi connectivity index (χ4n) is 3.33. The lowest BCUT2D eigenvalue weighted by molar-refractivity contribution is 0.220. The molecule has 26 heavy (non-hydrogen) atoms. The van der Waals surface area contributed by atoms with Gasteiger partial charge in [0.05, 0.1) is 25.4 Å². The molecule has 1 fully saturated rings. The van der Waals surface area contributed by atoms with Gasteiger partial charge in [-0.05, 0) is 49.7 Å². The number of hydrogen-bond acceptors (Lipinski definition) is 4. The first-order chi connectivity index (χ1) is 12.7. The SMILES string of the molecule is COc1ccc(C(CNC(=O)NCc2ccnn2C)N2CCCC2)cc1. The van der Waals surface area contributed by atoms with E-state index < -0.39 is 0 Å². The Morgan fingerprint density at radius 3 is 2.54 bits per heavy atom. The highest BCUT2D eigenvalue weighted by atomic mass is 16.5. The normalized spacial score (nSPS) is 15.6. The second-order valence-corrected chi connectivity index (χ2v) is 6.54. The van der Waals surface area contributed by atoms with Gasteiger partial charge < -0.3 is 15.4 Å². The van der Waals surface area contributed by atoms with E-state index in [1.54, 1.807) is 18.0 Å². The van der Waals surface area contributed by atoms with Crippen LogP contribution in [0.2, 0.25) is 0 Å². The lowest BCUT2D eigenvalue weighted by Gasteiger charge is -2.28. The summed E-state index contributed by atoms with van der Waals surface area (Å²) in [5, 5.41) is 10.0. The number of ether oxygens (including phenoxy) is 1. The number of carbonyl (C=O) groups excluding carboxylic acids is 1. The van der Waals surface area contributed by atoms with E-state index in [1.807, 2.05) is 25.2 Å². The van der Waals surface area contributed by atoms with Crippen LogP contribution in [-0.2, 0) is 13.6 Å². The van der Waals surface area contributed by atoms with Crippen molar-refractivity contribution < 1.29 is 9.53 Å². The van der Waals surface area contributed by atoms with Crippen LogP contribution in [0.5, 0.6) is 5.75 Å². The van der Waals surface area contributed by atoms with Crippen LogP contribution < -0.4 is 15.4 Å². The molecule has 2 amide bonds. The van der Waals surface area contributed by atoms with Crippen molar-refractivity contribution in [2.24, 2.45) is 7.05 Å². The number of likely N-dealkylation sites (tertiary alicyclic amines) is 1. The molecule has 1 saturated heterocycles. The van der Waals surface area contributed by atoms with Gasteiger partial charge in [0.2, 0.25) is 0 Å². The lowest BCUT2D eigenvalue weighted by atomic mass is 10.1. The van der Waals surface area contributed by atoms with Gasteiger partial charge in [-0.2, -0.15) is 5.10 Å². The second kappa shape index (κ2) is 8.71. The quantitative estimate of drug-likeness (QED) is 0.796. The molecule has 2 aromatic rings. The van der Waals surface area contributed by atoms with E-state index in [-0.39, 0.29) is 12.1 Å². The van der Waals surface area contributed by atoms with Crippen LogP contribution in [0.4, 0.5) is 4.79 Å². The summed E-state index contributed by atoms with van der Waals surface area (Å²) in [5.74, 6) is 0.843. The van der Waals surface area contributed by atoms with Gasteiger partial charge in [-0.3, -0.25) is 9.58 Å². The molecule has 0 aliphatic carbocycles.